The van der Waals surface area contributed by atoms with Crippen molar-refractivity contribution < 1.29 is 4.42 Å². The molecule has 1 aliphatic heterocycles. The average molecular weight is 263 g/mol. The highest BCUT2D eigenvalue weighted by Crippen LogP contribution is 2.40. The van der Waals surface area contributed by atoms with Gasteiger partial charge in [-0.3, -0.25) is 4.90 Å². The summed E-state index contributed by atoms with van der Waals surface area (Å²) in [6.07, 6.45) is 3.98. The van der Waals surface area contributed by atoms with Crippen molar-refractivity contribution in [1.82, 2.24) is 15.2 Å². The number of oxazole rings is 1. The minimum absolute atomic E-state index is 0.285. The second-order valence-electron chi connectivity index (χ2n) is 6.43. The molecule has 2 heterocycles. The zero-order chi connectivity index (χ0) is 13.5. The summed E-state index contributed by atoms with van der Waals surface area (Å²) < 4.78 is 5.73. The zero-order valence-corrected chi connectivity index (χ0v) is 12.3. The van der Waals surface area contributed by atoms with Crippen LogP contribution in [0.3, 0.4) is 0 Å². The van der Waals surface area contributed by atoms with Crippen LogP contribution in [0.5, 0.6) is 0 Å². The van der Waals surface area contributed by atoms with Gasteiger partial charge in [-0.2, -0.15) is 0 Å². The predicted octanol–water partition coefficient (Wildman–Crippen LogP) is 2.26. The van der Waals surface area contributed by atoms with Crippen molar-refractivity contribution in [3.63, 3.8) is 0 Å². The van der Waals surface area contributed by atoms with E-state index in [1.807, 2.05) is 13.8 Å². The van der Waals surface area contributed by atoms with Crippen molar-refractivity contribution in [3.05, 3.63) is 17.3 Å². The largest absolute Gasteiger partial charge is 0.444 e. The van der Waals surface area contributed by atoms with E-state index in [1.54, 1.807) is 0 Å². The summed E-state index contributed by atoms with van der Waals surface area (Å²) in [5.41, 5.74) is 1.31. The summed E-state index contributed by atoms with van der Waals surface area (Å²) in [5.74, 6) is 2.68. The molecule has 2 fully saturated rings. The molecule has 1 saturated heterocycles. The van der Waals surface area contributed by atoms with Crippen molar-refractivity contribution in [3.8, 4) is 0 Å². The highest BCUT2D eigenvalue weighted by Gasteiger charge is 2.43. The Kier molecular flexibility index (Phi) is 3.39. The van der Waals surface area contributed by atoms with E-state index < -0.39 is 0 Å². The predicted molar refractivity (Wildman–Crippen MR) is 75.0 cm³/mol. The Balaban J connectivity index is 1.69. The quantitative estimate of drug-likeness (QED) is 0.908. The molecule has 0 spiro atoms. The third-order valence-corrected chi connectivity index (χ3v) is 4.64. The van der Waals surface area contributed by atoms with Crippen LogP contribution in [-0.2, 0) is 6.54 Å². The topological polar surface area (TPSA) is 41.3 Å². The molecule has 4 nitrogen and oxygen atoms in total. The van der Waals surface area contributed by atoms with Crippen molar-refractivity contribution in [1.29, 1.82) is 0 Å². The average Bonchev–Trinajstić information content (AvgIpc) is 3.14. The Morgan fingerprint density at radius 1 is 1.42 bits per heavy atom. The minimum Gasteiger partial charge on any atom is -0.444 e. The fourth-order valence-electron chi connectivity index (χ4n) is 3.20. The number of hydrogen-bond acceptors (Lipinski definition) is 4. The van der Waals surface area contributed by atoms with Crippen LogP contribution in [0.25, 0.3) is 0 Å². The Hall–Kier alpha value is -0.870. The van der Waals surface area contributed by atoms with Gasteiger partial charge in [-0.15, -0.1) is 0 Å². The number of rotatable bonds is 3. The fraction of sp³-hybridized carbons (Fsp3) is 0.800. The number of nitrogens with zero attached hydrogens (tertiary/aromatic N) is 2. The molecule has 0 bridgehead atoms. The molecule has 1 saturated carbocycles. The molecule has 1 aromatic rings. The third kappa shape index (κ3) is 2.84. The molecule has 19 heavy (non-hydrogen) atoms. The molecular formula is C15H25N3O. The number of hydrogen-bond donors (Lipinski definition) is 1. The Morgan fingerprint density at radius 2 is 2.21 bits per heavy atom. The second-order valence-corrected chi connectivity index (χ2v) is 6.43. The summed E-state index contributed by atoms with van der Waals surface area (Å²) in [5, 5.41) is 3.76. The molecule has 1 atom stereocenters. The van der Waals surface area contributed by atoms with Gasteiger partial charge >= 0.3 is 0 Å². The molecule has 4 heteroatoms. The van der Waals surface area contributed by atoms with Crippen LogP contribution in [0, 0.1) is 19.8 Å². The van der Waals surface area contributed by atoms with E-state index in [1.165, 1.54) is 19.3 Å². The molecular weight excluding hydrogens is 238 g/mol. The van der Waals surface area contributed by atoms with Crippen molar-refractivity contribution in [2.24, 2.45) is 5.92 Å². The van der Waals surface area contributed by atoms with Crippen molar-refractivity contribution in [2.45, 2.75) is 52.1 Å². The SMILES string of the molecule is Cc1nc(CN2CCCNC(C)(C3CC3)C2)oc1C. The Bertz CT molecular complexity index is 433. The van der Waals surface area contributed by atoms with Gasteiger partial charge in [0.2, 0.25) is 5.89 Å². The molecule has 0 aromatic carbocycles. The standard InChI is InChI=1S/C15H25N3O/c1-11-12(2)19-14(17-11)9-18-8-4-7-16-15(3,10-18)13-5-6-13/h13,16H,4-10H2,1-3H3. The summed E-state index contributed by atoms with van der Waals surface area (Å²) >= 11 is 0. The van der Waals surface area contributed by atoms with E-state index >= 15 is 0 Å². The highest BCUT2D eigenvalue weighted by atomic mass is 16.4. The van der Waals surface area contributed by atoms with Gasteiger partial charge in [0, 0.05) is 12.1 Å². The van der Waals surface area contributed by atoms with Crippen LogP contribution in [-0.4, -0.2) is 35.1 Å². The first-order valence-electron chi connectivity index (χ1n) is 7.47. The van der Waals surface area contributed by atoms with E-state index in [9.17, 15) is 0 Å². The van der Waals surface area contributed by atoms with E-state index in [0.717, 1.165) is 49.4 Å². The van der Waals surface area contributed by atoms with E-state index in [2.05, 4.69) is 22.1 Å². The first-order valence-corrected chi connectivity index (χ1v) is 7.47. The monoisotopic (exact) mass is 263 g/mol. The molecule has 0 radical (unpaired) electrons. The highest BCUT2D eigenvalue weighted by molar-refractivity contribution is 5.06. The molecule has 2 aliphatic rings. The maximum Gasteiger partial charge on any atom is 0.208 e. The number of aromatic nitrogens is 1. The number of aryl methyl sites for hydroxylation is 2. The summed E-state index contributed by atoms with van der Waals surface area (Å²) in [6.45, 7) is 10.6. The molecule has 106 valence electrons. The molecule has 3 rings (SSSR count). The molecule has 0 amide bonds. The molecule has 1 N–H and O–H groups in total. The fourth-order valence-corrected chi connectivity index (χ4v) is 3.20. The molecule has 1 aliphatic carbocycles. The zero-order valence-electron chi connectivity index (χ0n) is 12.3. The molecule has 1 aromatic heterocycles. The van der Waals surface area contributed by atoms with Crippen LogP contribution in [0.4, 0.5) is 0 Å². The lowest BCUT2D eigenvalue weighted by molar-refractivity contribution is 0.181. The van der Waals surface area contributed by atoms with Crippen LogP contribution < -0.4 is 5.32 Å². The Labute approximate surface area is 115 Å². The van der Waals surface area contributed by atoms with Gasteiger partial charge in [0.15, 0.2) is 0 Å². The first kappa shape index (κ1) is 13.1. The molecule has 1 unspecified atom stereocenters. The van der Waals surface area contributed by atoms with Crippen molar-refractivity contribution in [2.75, 3.05) is 19.6 Å². The van der Waals surface area contributed by atoms with Gasteiger partial charge in [0.25, 0.3) is 0 Å². The van der Waals surface area contributed by atoms with Gasteiger partial charge < -0.3 is 9.73 Å². The normalized spacial score (nSPS) is 29.4. The van der Waals surface area contributed by atoms with E-state index in [-0.39, 0.29) is 5.54 Å². The van der Waals surface area contributed by atoms with Gasteiger partial charge in [-0.05, 0) is 59.0 Å². The lowest BCUT2D eigenvalue weighted by Gasteiger charge is -2.33. The van der Waals surface area contributed by atoms with E-state index in [0.29, 0.717) is 0 Å². The van der Waals surface area contributed by atoms with Gasteiger partial charge in [0.05, 0.1) is 12.2 Å². The van der Waals surface area contributed by atoms with Crippen LogP contribution in [0.2, 0.25) is 0 Å². The lowest BCUT2D eigenvalue weighted by atomic mass is 9.95. The Morgan fingerprint density at radius 3 is 2.84 bits per heavy atom. The summed E-state index contributed by atoms with van der Waals surface area (Å²) in [4.78, 5) is 7.02. The lowest BCUT2D eigenvalue weighted by Crippen LogP contribution is -2.50. The van der Waals surface area contributed by atoms with E-state index in [4.69, 9.17) is 4.42 Å². The van der Waals surface area contributed by atoms with Crippen molar-refractivity contribution >= 4 is 0 Å². The van der Waals surface area contributed by atoms with Crippen LogP contribution in [0.1, 0.15) is 43.5 Å². The summed E-state index contributed by atoms with van der Waals surface area (Å²) in [6, 6.07) is 0. The summed E-state index contributed by atoms with van der Waals surface area (Å²) in [7, 11) is 0. The van der Waals surface area contributed by atoms with Crippen LogP contribution in [0.15, 0.2) is 4.42 Å². The second kappa shape index (κ2) is 4.91. The smallest absolute Gasteiger partial charge is 0.208 e. The third-order valence-electron chi connectivity index (χ3n) is 4.64. The van der Waals surface area contributed by atoms with Gasteiger partial charge in [-0.1, -0.05) is 0 Å². The minimum atomic E-state index is 0.285. The van der Waals surface area contributed by atoms with Gasteiger partial charge in [-0.25, -0.2) is 4.98 Å². The van der Waals surface area contributed by atoms with Crippen LogP contribution >= 0.6 is 0 Å². The maximum absolute atomic E-state index is 5.73. The van der Waals surface area contributed by atoms with Gasteiger partial charge in [0.1, 0.15) is 5.76 Å². The first-order chi connectivity index (χ1) is 9.07. The number of nitrogens with one attached hydrogen (secondary N) is 1. The maximum atomic E-state index is 5.73.